The first kappa shape index (κ1) is 23.4. The molecule has 1 amide bonds. The molecule has 0 fully saturated rings. The minimum atomic E-state index is -4.35. The van der Waals surface area contributed by atoms with Crippen molar-refractivity contribution < 1.29 is 27.5 Å². The summed E-state index contributed by atoms with van der Waals surface area (Å²) in [6.07, 6.45) is -1.15. The lowest BCUT2D eigenvalue weighted by Crippen LogP contribution is -2.50. The summed E-state index contributed by atoms with van der Waals surface area (Å²) < 4.78 is 37.7. The molecule has 0 saturated carbocycles. The van der Waals surface area contributed by atoms with Gasteiger partial charge in [0, 0.05) is 4.47 Å². The summed E-state index contributed by atoms with van der Waals surface area (Å²) >= 11 is 3.23. The number of nitrogens with zero attached hydrogens (tertiary/aromatic N) is 1. The summed E-state index contributed by atoms with van der Waals surface area (Å²) in [5, 5.41) is 0. The van der Waals surface area contributed by atoms with Crippen LogP contribution in [-0.2, 0) is 24.3 Å². The maximum Gasteiger partial charge on any atom is 0.425 e. The summed E-state index contributed by atoms with van der Waals surface area (Å²) in [7, 11) is -4.35. The number of sulfonamides is 1. The topological polar surface area (TPSA) is 90.0 Å². The van der Waals surface area contributed by atoms with E-state index in [1.54, 1.807) is 41.5 Å². The maximum absolute atomic E-state index is 13.1. The maximum atomic E-state index is 13.1. The standard InChI is InChI=1S/C18H26BrNO6S/c1-12(15(21)25-17(2,3)4)20(16(22)26-18(5,6)7)27(23,24)14-10-8-13(19)9-11-14/h8-12H,1-7H3/t12-/m1/s1. The summed E-state index contributed by atoms with van der Waals surface area (Å²) in [5.41, 5.74) is -1.79. The Kier molecular flexibility index (Phi) is 7.10. The molecule has 1 atom stereocenters. The minimum absolute atomic E-state index is 0.146. The number of carbonyl (C=O) groups excluding carboxylic acids is 2. The third-order valence-corrected chi connectivity index (χ3v) is 5.42. The normalized spacial score (nSPS) is 13.6. The van der Waals surface area contributed by atoms with Gasteiger partial charge in [-0.15, -0.1) is 0 Å². The van der Waals surface area contributed by atoms with E-state index in [4.69, 9.17) is 9.47 Å². The average Bonchev–Trinajstić information content (AvgIpc) is 2.43. The first-order valence-corrected chi connectivity index (χ1v) is 10.5. The fourth-order valence-electron chi connectivity index (χ4n) is 1.97. The molecule has 0 N–H and O–H groups in total. The highest BCUT2D eigenvalue weighted by atomic mass is 79.9. The van der Waals surface area contributed by atoms with Crippen LogP contribution in [0.25, 0.3) is 0 Å². The molecule has 1 rings (SSSR count). The molecule has 152 valence electrons. The largest absolute Gasteiger partial charge is 0.458 e. The molecule has 0 spiro atoms. The van der Waals surface area contributed by atoms with Crippen molar-refractivity contribution in [1.29, 1.82) is 0 Å². The van der Waals surface area contributed by atoms with Gasteiger partial charge in [-0.05, 0) is 72.7 Å². The quantitative estimate of drug-likeness (QED) is 0.624. The molecular formula is C18H26BrNO6S. The number of carbonyl (C=O) groups is 2. The number of hydrogen-bond acceptors (Lipinski definition) is 6. The van der Waals surface area contributed by atoms with E-state index in [0.29, 0.717) is 8.78 Å². The third-order valence-electron chi connectivity index (χ3n) is 3.04. The molecule has 1 aromatic rings. The van der Waals surface area contributed by atoms with Gasteiger partial charge in [0.1, 0.15) is 17.2 Å². The van der Waals surface area contributed by atoms with Gasteiger partial charge in [-0.3, -0.25) is 0 Å². The molecule has 0 bridgehead atoms. The van der Waals surface area contributed by atoms with Crippen LogP contribution in [0.4, 0.5) is 4.79 Å². The lowest BCUT2D eigenvalue weighted by Gasteiger charge is -2.31. The van der Waals surface area contributed by atoms with E-state index in [0.717, 1.165) is 0 Å². The Morgan fingerprint density at radius 3 is 1.81 bits per heavy atom. The highest BCUT2D eigenvalue weighted by molar-refractivity contribution is 9.10. The van der Waals surface area contributed by atoms with Gasteiger partial charge in [0.2, 0.25) is 0 Å². The Labute approximate surface area is 169 Å². The molecule has 0 aliphatic heterocycles. The van der Waals surface area contributed by atoms with Crippen molar-refractivity contribution in [2.75, 3.05) is 0 Å². The van der Waals surface area contributed by atoms with E-state index in [2.05, 4.69) is 15.9 Å². The predicted molar refractivity (Wildman–Crippen MR) is 105 cm³/mol. The van der Waals surface area contributed by atoms with Crippen molar-refractivity contribution in [3.63, 3.8) is 0 Å². The van der Waals surface area contributed by atoms with Crippen LogP contribution in [0, 0.1) is 0 Å². The molecule has 0 aromatic heterocycles. The lowest BCUT2D eigenvalue weighted by atomic mass is 10.2. The van der Waals surface area contributed by atoms with Gasteiger partial charge in [0.05, 0.1) is 4.90 Å². The van der Waals surface area contributed by atoms with Gasteiger partial charge in [-0.1, -0.05) is 15.9 Å². The van der Waals surface area contributed by atoms with Gasteiger partial charge in [0.15, 0.2) is 0 Å². The number of esters is 1. The number of hydrogen-bond donors (Lipinski definition) is 0. The van der Waals surface area contributed by atoms with Gasteiger partial charge < -0.3 is 9.47 Å². The second-order valence-corrected chi connectivity index (χ2v) is 10.7. The highest BCUT2D eigenvalue weighted by Gasteiger charge is 2.41. The van der Waals surface area contributed by atoms with Crippen molar-refractivity contribution in [1.82, 2.24) is 4.31 Å². The van der Waals surface area contributed by atoms with Crippen molar-refractivity contribution in [3.8, 4) is 0 Å². The first-order chi connectivity index (χ1) is 12.0. The Morgan fingerprint density at radius 2 is 1.41 bits per heavy atom. The fourth-order valence-corrected chi connectivity index (χ4v) is 3.68. The summed E-state index contributed by atoms with van der Waals surface area (Å²) in [4.78, 5) is 25.0. The van der Waals surface area contributed by atoms with E-state index in [9.17, 15) is 18.0 Å². The van der Waals surface area contributed by atoms with Crippen LogP contribution in [0.1, 0.15) is 48.5 Å². The van der Waals surface area contributed by atoms with Crippen LogP contribution < -0.4 is 0 Å². The summed E-state index contributed by atoms with van der Waals surface area (Å²) in [5.74, 6) is -0.853. The van der Waals surface area contributed by atoms with Gasteiger partial charge in [0.25, 0.3) is 10.0 Å². The summed E-state index contributed by atoms with van der Waals surface area (Å²) in [6.45, 7) is 11.1. The molecule has 9 heteroatoms. The summed E-state index contributed by atoms with van der Waals surface area (Å²) in [6, 6.07) is 4.31. The highest BCUT2D eigenvalue weighted by Crippen LogP contribution is 2.24. The van der Waals surface area contributed by atoms with Crippen molar-refractivity contribution in [2.45, 2.75) is 70.6 Å². The minimum Gasteiger partial charge on any atom is -0.458 e. The van der Waals surface area contributed by atoms with Gasteiger partial charge in [-0.25, -0.2) is 18.0 Å². The first-order valence-electron chi connectivity index (χ1n) is 8.30. The van der Waals surface area contributed by atoms with E-state index >= 15 is 0 Å². The zero-order valence-corrected chi connectivity index (χ0v) is 19.0. The zero-order valence-electron chi connectivity index (χ0n) is 16.6. The molecule has 7 nitrogen and oxygen atoms in total. The molecule has 1 aromatic carbocycles. The van der Waals surface area contributed by atoms with Crippen molar-refractivity contribution in [3.05, 3.63) is 28.7 Å². The molecule has 0 heterocycles. The molecule has 0 aliphatic carbocycles. The van der Waals surface area contributed by atoms with Crippen molar-refractivity contribution in [2.24, 2.45) is 0 Å². The number of amides is 1. The number of rotatable bonds is 4. The Bertz CT molecular complexity index is 791. The fraction of sp³-hybridized carbons (Fsp3) is 0.556. The molecule has 27 heavy (non-hydrogen) atoms. The molecular weight excluding hydrogens is 438 g/mol. The second kappa shape index (κ2) is 8.18. The molecule has 0 aliphatic rings. The zero-order chi connectivity index (χ0) is 21.2. The average molecular weight is 464 g/mol. The predicted octanol–water partition coefficient (Wildman–Crippen LogP) is 4.11. The smallest absolute Gasteiger partial charge is 0.425 e. The van der Waals surface area contributed by atoms with E-state index in [1.807, 2.05) is 0 Å². The Hall–Kier alpha value is -1.61. The van der Waals surface area contributed by atoms with Gasteiger partial charge in [-0.2, -0.15) is 4.31 Å². The van der Waals surface area contributed by atoms with Crippen LogP contribution in [0.15, 0.2) is 33.6 Å². The van der Waals surface area contributed by atoms with Crippen LogP contribution in [-0.4, -0.2) is 42.0 Å². The van der Waals surface area contributed by atoms with E-state index in [1.165, 1.54) is 31.2 Å². The van der Waals surface area contributed by atoms with E-state index in [-0.39, 0.29) is 4.90 Å². The van der Waals surface area contributed by atoms with Crippen LogP contribution in [0.2, 0.25) is 0 Å². The van der Waals surface area contributed by atoms with Crippen LogP contribution in [0.3, 0.4) is 0 Å². The van der Waals surface area contributed by atoms with Crippen LogP contribution >= 0.6 is 15.9 Å². The molecule has 0 radical (unpaired) electrons. The molecule has 0 saturated heterocycles. The lowest BCUT2D eigenvalue weighted by molar-refractivity contribution is -0.158. The van der Waals surface area contributed by atoms with Crippen molar-refractivity contribution >= 4 is 38.0 Å². The van der Waals surface area contributed by atoms with Crippen LogP contribution in [0.5, 0.6) is 0 Å². The van der Waals surface area contributed by atoms with E-state index < -0.39 is 39.3 Å². The number of benzene rings is 1. The Morgan fingerprint density at radius 1 is 0.963 bits per heavy atom. The number of halogens is 1. The number of ether oxygens (including phenoxy) is 2. The third kappa shape index (κ3) is 6.80. The SMILES string of the molecule is C[C@H](C(=O)OC(C)(C)C)N(C(=O)OC(C)(C)C)S(=O)(=O)c1ccc(Br)cc1. The monoisotopic (exact) mass is 463 g/mol. The molecule has 0 unspecified atom stereocenters. The Balaban J connectivity index is 3.39. The second-order valence-electron chi connectivity index (χ2n) is 7.94. The van der Waals surface area contributed by atoms with Gasteiger partial charge >= 0.3 is 12.1 Å².